The summed E-state index contributed by atoms with van der Waals surface area (Å²) in [6.45, 7) is 1.47. The van der Waals surface area contributed by atoms with Gasteiger partial charge in [-0.3, -0.25) is 9.10 Å². The van der Waals surface area contributed by atoms with E-state index in [1.165, 1.54) is 50.4 Å². The Morgan fingerprint density at radius 3 is 2.30 bits per heavy atom. The average Bonchev–Trinajstić information content (AvgIpc) is 2.65. The van der Waals surface area contributed by atoms with Gasteiger partial charge in [0.05, 0.1) is 17.0 Å². The minimum Gasteiger partial charge on any atom is -0.348 e. The molecule has 2 rings (SSSR count). The molecule has 0 unspecified atom stereocenters. The maximum Gasteiger partial charge on any atom is 0.416 e. The van der Waals surface area contributed by atoms with Crippen molar-refractivity contribution in [3.8, 4) is 0 Å². The van der Waals surface area contributed by atoms with Crippen molar-refractivity contribution in [1.82, 2.24) is 5.32 Å². The maximum atomic E-state index is 12.7. The highest BCUT2D eigenvalue weighted by Crippen LogP contribution is 2.29. The quantitative estimate of drug-likeness (QED) is 0.808. The Morgan fingerprint density at radius 2 is 1.74 bits per heavy atom. The van der Waals surface area contributed by atoms with Gasteiger partial charge in [0, 0.05) is 19.2 Å². The van der Waals surface area contributed by atoms with Crippen LogP contribution in [0.1, 0.15) is 28.4 Å². The highest BCUT2D eigenvalue weighted by molar-refractivity contribution is 7.92. The van der Waals surface area contributed by atoms with Crippen molar-refractivity contribution in [3.05, 3.63) is 65.2 Å². The molecule has 146 valence electrons. The fourth-order valence-corrected chi connectivity index (χ4v) is 3.15. The van der Waals surface area contributed by atoms with Crippen LogP contribution in [0.2, 0.25) is 0 Å². The number of hydrogen-bond donors (Lipinski definition) is 1. The smallest absolute Gasteiger partial charge is 0.348 e. The minimum atomic E-state index is -4.44. The number of nitrogens with one attached hydrogen (secondary N) is 1. The molecule has 0 aromatic heterocycles. The molecule has 0 aliphatic carbocycles. The number of alkyl halides is 3. The molecule has 9 heteroatoms. The first kappa shape index (κ1) is 20.8. The van der Waals surface area contributed by atoms with Crippen LogP contribution < -0.4 is 9.62 Å². The van der Waals surface area contributed by atoms with Gasteiger partial charge in [0.2, 0.25) is 10.0 Å². The fourth-order valence-electron chi connectivity index (χ4n) is 2.32. The monoisotopic (exact) mass is 400 g/mol. The van der Waals surface area contributed by atoms with Crippen LogP contribution in [0.3, 0.4) is 0 Å². The van der Waals surface area contributed by atoms with E-state index in [-0.39, 0.29) is 17.9 Å². The summed E-state index contributed by atoms with van der Waals surface area (Å²) in [7, 11) is -1.99. The summed E-state index contributed by atoms with van der Waals surface area (Å²) >= 11 is 0. The molecule has 0 atom stereocenters. The minimum absolute atomic E-state index is 0.0529. The average molecular weight is 400 g/mol. The lowest BCUT2D eigenvalue weighted by Gasteiger charge is -2.18. The van der Waals surface area contributed by atoms with E-state index in [1.807, 2.05) is 0 Å². The van der Waals surface area contributed by atoms with Crippen LogP contribution >= 0.6 is 0 Å². The zero-order valence-electron chi connectivity index (χ0n) is 14.7. The summed E-state index contributed by atoms with van der Waals surface area (Å²) in [5, 5.41) is 2.55. The van der Waals surface area contributed by atoms with Gasteiger partial charge in [0.25, 0.3) is 5.91 Å². The largest absolute Gasteiger partial charge is 0.416 e. The summed E-state index contributed by atoms with van der Waals surface area (Å²) in [4.78, 5) is 12.2. The lowest BCUT2D eigenvalue weighted by molar-refractivity contribution is -0.137. The van der Waals surface area contributed by atoms with Crippen molar-refractivity contribution in [2.45, 2.75) is 19.6 Å². The number of carbonyl (C=O) groups excluding carboxylic acids is 1. The first-order chi connectivity index (χ1) is 12.5. The Kier molecular flexibility index (Phi) is 6.15. The predicted octanol–water partition coefficient (Wildman–Crippen LogP) is 3.42. The van der Waals surface area contributed by atoms with Gasteiger partial charge < -0.3 is 5.32 Å². The van der Waals surface area contributed by atoms with E-state index >= 15 is 0 Å². The number of hydrogen-bond acceptors (Lipinski definition) is 3. The van der Waals surface area contributed by atoms with E-state index in [0.29, 0.717) is 11.3 Å². The molecule has 0 spiro atoms. The van der Waals surface area contributed by atoms with Gasteiger partial charge >= 0.3 is 6.18 Å². The van der Waals surface area contributed by atoms with Gasteiger partial charge in [0.1, 0.15) is 0 Å². The zero-order chi connectivity index (χ0) is 20.2. The van der Waals surface area contributed by atoms with Crippen LogP contribution in [0, 0.1) is 0 Å². The second-order valence-corrected chi connectivity index (χ2v) is 8.08. The Bertz CT molecular complexity index is 910. The van der Waals surface area contributed by atoms with Gasteiger partial charge in [-0.2, -0.15) is 13.2 Å². The predicted molar refractivity (Wildman–Crippen MR) is 96.9 cm³/mol. The highest BCUT2D eigenvalue weighted by Gasteiger charge is 2.30. The number of amides is 1. The molecule has 0 fully saturated rings. The fraction of sp³-hybridized carbons (Fsp3) is 0.278. The number of rotatable bonds is 6. The second kappa shape index (κ2) is 7.99. The van der Waals surface area contributed by atoms with Crippen molar-refractivity contribution in [2.75, 3.05) is 17.1 Å². The third-order valence-corrected chi connectivity index (χ3v) is 5.76. The third-order valence-electron chi connectivity index (χ3n) is 3.98. The van der Waals surface area contributed by atoms with E-state index in [0.717, 1.165) is 16.4 Å². The summed E-state index contributed by atoms with van der Waals surface area (Å²) in [6.07, 6.45) is -4.44. The van der Waals surface area contributed by atoms with E-state index in [2.05, 4.69) is 5.32 Å². The molecule has 0 saturated heterocycles. The van der Waals surface area contributed by atoms with Crippen molar-refractivity contribution in [1.29, 1.82) is 0 Å². The number of sulfonamides is 1. The van der Waals surface area contributed by atoms with Crippen LogP contribution in [0.4, 0.5) is 18.9 Å². The second-order valence-electron chi connectivity index (χ2n) is 5.80. The van der Waals surface area contributed by atoms with Crippen LogP contribution in [-0.2, 0) is 22.7 Å². The lowest BCUT2D eigenvalue weighted by Crippen LogP contribution is -2.28. The first-order valence-corrected chi connectivity index (χ1v) is 9.66. The first-order valence-electron chi connectivity index (χ1n) is 8.05. The molecule has 1 amide bonds. The zero-order valence-corrected chi connectivity index (χ0v) is 15.6. The molecule has 27 heavy (non-hydrogen) atoms. The van der Waals surface area contributed by atoms with Crippen molar-refractivity contribution in [2.24, 2.45) is 0 Å². The highest BCUT2D eigenvalue weighted by atomic mass is 32.2. The summed E-state index contributed by atoms with van der Waals surface area (Å²) in [5.74, 6) is -0.525. The third kappa shape index (κ3) is 5.22. The lowest BCUT2D eigenvalue weighted by atomic mass is 10.1. The molecule has 0 bridgehead atoms. The summed E-state index contributed by atoms with van der Waals surface area (Å²) < 4.78 is 62.9. The van der Waals surface area contributed by atoms with Crippen LogP contribution in [0.15, 0.2) is 48.5 Å². The Hall–Kier alpha value is -2.55. The number of anilines is 1. The molecule has 0 radical (unpaired) electrons. The molecule has 2 aromatic carbocycles. The van der Waals surface area contributed by atoms with Crippen molar-refractivity contribution >= 4 is 21.6 Å². The molecule has 0 aliphatic rings. The molecular weight excluding hydrogens is 381 g/mol. The molecule has 2 aromatic rings. The summed E-state index contributed by atoms with van der Waals surface area (Å²) in [6, 6.07) is 10.6. The van der Waals surface area contributed by atoms with E-state index in [9.17, 15) is 26.4 Å². The molecular formula is C18H19F3N2O3S. The van der Waals surface area contributed by atoms with Gasteiger partial charge in [0.15, 0.2) is 0 Å². The Balaban J connectivity index is 2.05. The van der Waals surface area contributed by atoms with Crippen molar-refractivity contribution in [3.63, 3.8) is 0 Å². The number of halogens is 3. The topological polar surface area (TPSA) is 66.5 Å². The van der Waals surface area contributed by atoms with E-state index < -0.39 is 27.7 Å². The summed E-state index contributed by atoms with van der Waals surface area (Å²) in [5.41, 5.74) is 0.224. The normalized spacial score (nSPS) is 11.9. The molecule has 0 aliphatic heterocycles. The Labute approximate surface area is 155 Å². The maximum absolute atomic E-state index is 12.7. The van der Waals surface area contributed by atoms with Gasteiger partial charge in [-0.05, 0) is 48.9 Å². The molecule has 5 nitrogen and oxygen atoms in total. The Morgan fingerprint density at radius 1 is 1.11 bits per heavy atom. The molecule has 0 heterocycles. The SMILES string of the molecule is CCS(=O)(=O)N(C)c1ccc(C(=O)NCc2cccc(C(F)(F)F)c2)cc1. The van der Waals surface area contributed by atoms with Gasteiger partial charge in [-0.15, -0.1) is 0 Å². The van der Waals surface area contributed by atoms with E-state index in [1.54, 1.807) is 0 Å². The number of carbonyl (C=O) groups is 1. The number of nitrogens with zero attached hydrogens (tertiary/aromatic N) is 1. The van der Waals surface area contributed by atoms with E-state index in [4.69, 9.17) is 0 Å². The van der Waals surface area contributed by atoms with Crippen LogP contribution in [-0.4, -0.2) is 27.1 Å². The molecule has 1 N–H and O–H groups in total. The van der Waals surface area contributed by atoms with Gasteiger partial charge in [-0.25, -0.2) is 8.42 Å². The van der Waals surface area contributed by atoms with Gasteiger partial charge in [-0.1, -0.05) is 12.1 Å². The molecule has 0 saturated carbocycles. The van der Waals surface area contributed by atoms with Crippen LogP contribution in [0.25, 0.3) is 0 Å². The van der Waals surface area contributed by atoms with Crippen molar-refractivity contribution < 1.29 is 26.4 Å². The van der Waals surface area contributed by atoms with Crippen LogP contribution in [0.5, 0.6) is 0 Å². The number of benzene rings is 2. The standard InChI is InChI=1S/C18H19F3N2O3S/c1-3-27(25,26)23(2)16-9-7-14(8-10-16)17(24)22-12-13-5-4-6-15(11-13)18(19,20)21/h4-11H,3,12H2,1-2H3,(H,22,24).